The lowest BCUT2D eigenvalue weighted by atomic mass is 10.2. The normalized spacial score (nSPS) is 10.7. The highest BCUT2D eigenvalue weighted by atomic mass is 16.4. The number of oxazole rings is 1. The van der Waals surface area contributed by atoms with Crippen LogP contribution < -0.4 is 0 Å². The van der Waals surface area contributed by atoms with Crippen molar-refractivity contribution in [1.29, 1.82) is 0 Å². The zero-order valence-corrected chi connectivity index (χ0v) is 6.79. The van der Waals surface area contributed by atoms with Gasteiger partial charge >= 0.3 is 0 Å². The number of aryl methyl sites for hydroxylation is 1. The lowest BCUT2D eigenvalue weighted by molar-refractivity contribution is 0.511. The number of nitrogens with zero attached hydrogens (tertiary/aromatic N) is 1. The summed E-state index contributed by atoms with van der Waals surface area (Å²) in [5, 5.41) is 0. The minimum atomic E-state index is 0.672. The van der Waals surface area contributed by atoms with Gasteiger partial charge in [-0.3, -0.25) is 0 Å². The monoisotopic (exact) mass is 149 g/mol. The molecule has 0 radical (unpaired) electrons. The first-order valence-corrected chi connectivity index (χ1v) is 3.48. The maximum absolute atomic E-state index is 5.24. The molecule has 0 aliphatic rings. The Morgan fingerprint density at radius 3 is 2.91 bits per heavy atom. The van der Waals surface area contributed by atoms with Crippen LogP contribution in [0.4, 0.5) is 0 Å². The number of allylic oxidation sites excluding steroid dienone is 3. The number of rotatable bonds is 2. The lowest BCUT2D eigenvalue weighted by Crippen LogP contribution is -1.70. The molecule has 0 saturated carbocycles. The van der Waals surface area contributed by atoms with E-state index >= 15 is 0 Å². The highest BCUT2D eigenvalue weighted by molar-refractivity contribution is 5.67. The summed E-state index contributed by atoms with van der Waals surface area (Å²) in [5.74, 6) is 1.41. The Balaban J connectivity index is 2.85. The SMILES string of the molecule is C=C(/C=C\C)c1cnc(C)o1. The van der Waals surface area contributed by atoms with Gasteiger partial charge in [0, 0.05) is 12.5 Å². The molecule has 0 saturated heterocycles. The first-order valence-electron chi connectivity index (χ1n) is 3.48. The van der Waals surface area contributed by atoms with Crippen LogP contribution in [-0.2, 0) is 0 Å². The second kappa shape index (κ2) is 3.19. The van der Waals surface area contributed by atoms with Crippen molar-refractivity contribution in [2.45, 2.75) is 13.8 Å². The summed E-state index contributed by atoms with van der Waals surface area (Å²) in [6, 6.07) is 0. The van der Waals surface area contributed by atoms with Gasteiger partial charge in [-0.15, -0.1) is 0 Å². The van der Waals surface area contributed by atoms with Gasteiger partial charge in [0.15, 0.2) is 11.7 Å². The van der Waals surface area contributed by atoms with E-state index in [1.807, 2.05) is 26.0 Å². The fourth-order valence-corrected chi connectivity index (χ4v) is 0.793. The van der Waals surface area contributed by atoms with E-state index in [-0.39, 0.29) is 0 Å². The molecule has 2 nitrogen and oxygen atoms in total. The molecule has 1 rings (SSSR count). The van der Waals surface area contributed by atoms with Gasteiger partial charge in [0.1, 0.15) is 0 Å². The lowest BCUT2D eigenvalue weighted by Gasteiger charge is -1.90. The van der Waals surface area contributed by atoms with Gasteiger partial charge in [0.25, 0.3) is 0 Å². The van der Waals surface area contributed by atoms with Crippen molar-refractivity contribution in [2.75, 3.05) is 0 Å². The van der Waals surface area contributed by atoms with E-state index in [2.05, 4.69) is 11.6 Å². The largest absolute Gasteiger partial charge is 0.441 e. The molecular weight excluding hydrogens is 138 g/mol. The molecule has 58 valence electrons. The highest BCUT2D eigenvalue weighted by Crippen LogP contribution is 2.13. The summed E-state index contributed by atoms with van der Waals surface area (Å²) in [7, 11) is 0. The molecule has 2 heteroatoms. The van der Waals surface area contributed by atoms with E-state index in [4.69, 9.17) is 4.42 Å². The first-order chi connectivity index (χ1) is 5.24. The first kappa shape index (κ1) is 7.79. The van der Waals surface area contributed by atoms with Gasteiger partial charge in [-0.25, -0.2) is 4.98 Å². The number of aromatic nitrogens is 1. The molecular formula is C9H11NO. The van der Waals surface area contributed by atoms with Crippen molar-refractivity contribution in [3.63, 3.8) is 0 Å². The molecule has 0 amide bonds. The Bertz CT molecular complexity index is 284. The van der Waals surface area contributed by atoms with Gasteiger partial charge in [0.05, 0.1) is 6.20 Å². The average molecular weight is 149 g/mol. The van der Waals surface area contributed by atoms with E-state index in [1.54, 1.807) is 6.20 Å². The molecule has 11 heavy (non-hydrogen) atoms. The van der Waals surface area contributed by atoms with Crippen molar-refractivity contribution >= 4 is 5.57 Å². The Hall–Kier alpha value is -1.31. The molecule has 1 aromatic rings. The van der Waals surface area contributed by atoms with Crippen molar-refractivity contribution in [1.82, 2.24) is 4.98 Å². The number of hydrogen-bond donors (Lipinski definition) is 0. The van der Waals surface area contributed by atoms with Crippen molar-refractivity contribution in [3.05, 3.63) is 36.6 Å². The van der Waals surface area contributed by atoms with Crippen LogP contribution >= 0.6 is 0 Å². The van der Waals surface area contributed by atoms with Crippen LogP contribution in [0.5, 0.6) is 0 Å². The van der Waals surface area contributed by atoms with Gasteiger partial charge < -0.3 is 4.42 Å². The molecule has 0 aromatic carbocycles. The third-order valence-corrected chi connectivity index (χ3v) is 1.31. The summed E-state index contributed by atoms with van der Waals surface area (Å²) in [6.07, 6.45) is 5.48. The van der Waals surface area contributed by atoms with Gasteiger partial charge in [-0.2, -0.15) is 0 Å². The quantitative estimate of drug-likeness (QED) is 0.604. The fourth-order valence-electron chi connectivity index (χ4n) is 0.793. The molecule has 0 fully saturated rings. The molecule has 0 bridgehead atoms. The van der Waals surface area contributed by atoms with E-state index in [9.17, 15) is 0 Å². The molecule has 0 atom stereocenters. The minimum Gasteiger partial charge on any atom is -0.441 e. The van der Waals surface area contributed by atoms with Crippen LogP contribution in [0.15, 0.2) is 29.3 Å². The molecule has 0 aliphatic heterocycles. The summed E-state index contributed by atoms with van der Waals surface area (Å²) in [6.45, 7) is 7.56. The topological polar surface area (TPSA) is 26.0 Å². The fraction of sp³-hybridized carbons (Fsp3) is 0.222. The highest BCUT2D eigenvalue weighted by Gasteiger charge is 1.99. The summed E-state index contributed by atoms with van der Waals surface area (Å²) < 4.78 is 5.24. The maximum Gasteiger partial charge on any atom is 0.191 e. The van der Waals surface area contributed by atoms with E-state index in [0.717, 1.165) is 11.3 Å². The third-order valence-electron chi connectivity index (χ3n) is 1.31. The van der Waals surface area contributed by atoms with Gasteiger partial charge in [-0.1, -0.05) is 18.7 Å². The standard InChI is InChI=1S/C9H11NO/c1-4-5-7(2)9-6-10-8(3)11-9/h4-6H,2H2,1,3H3/b5-4-. The van der Waals surface area contributed by atoms with Crippen molar-refractivity contribution < 1.29 is 4.42 Å². The minimum absolute atomic E-state index is 0.672. The summed E-state index contributed by atoms with van der Waals surface area (Å²) in [4.78, 5) is 3.96. The van der Waals surface area contributed by atoms with Crippen LogP contribution in [0.2, 0.25) is 0 Å². The molecule has 1 aromatic heterocycles. The van der Waals surface area contributed by atoms with Crippen LogP contribution in [0.25, 0.3) is 5.57 Å². The molecule has 0 N–H and O–H groups in total. The Morgan fingerprint density at radius 2 is 2.45 bits per heavy atom. The van der Waals surface area contributed by atoms with Crippen molar-refractivity contribution in [3.8, 4) is 0 Å². The molecule has 0 unspecified atom stereocenters. The van der Waals surface area contributed by atoms with Gasteiger partial charge in [0.2, 0.25) is 0 Å². The number of hydrogen-bond acceptors (Lipinski definition) is 2. The second-order valence-corrected chi connectivity index (χ2v) is 2.27. The Labute approximate surface area is 66.3 Å². The van der Waals surface area contributed by atoms with Crippen LogP contribution in [0.3, 0.4) is 0 Å². The van der Waals surface area contributed by atoms with Crippen LogP contribution in [0, 0.1) is 6.92 Å². The predicted molar refractivity (Wildman–Crippen MR) is 45.1 cm³/mol. The third kappa shape index (κ3) is 1.80. The van der Waals surface area contributed by atoms with E-state index in [1.165, 1.54) is 0 Å². The Kier molecular flexibility index (Phi) is 2.26. The average Bonchev–Trinajstić information content (AvgIpc) is 2.36. The van der Waals surface area contributed by atoms with Crippen molar-refractivity contribution in [2.24, 2.45) is 0 Å². The summed E-state index contributed by atoms with van der Waals surface area (Å²) >= 11 is 0. The van der Waals surface area contributed by atoms with Crippen LogP contribution in [0.1, 0.15) is 18.6 Å². The zero-order valence-electron chi connectivity index (χ0n) is 6.79. The van der Waals surface area contributed by atoms with Crippen LogP contribution in [-0.4, -0.2) is 4.98 Å². The van der Waals surface area contributed by atoms with Gasteiger partial charge in [-0.05, 0) is 6.92 Å². The maximum atomic E-state index is 5.24. The van der Waals surface area contributed by atoms with E-state index < -0.39 is 0 Å². The van der Waals surface area contributed by atoms with E-state index in [0.29, 0.717) is 5.89 Å². The molecule has 0 spiro atoms. The molecule has 0 aliphatic carbocycles. The second-order valence-electron chi connectivity index (χ2n) is 2.27. The molecule has 1 heterocycles. The summed E-state index contributed by atoms with van der Waals surface area (Å²) in [5.41, 5.74) is 0.855. The zero-order chi connectivity index (χ0) is 8.27. The predicted octanol–water partition coefficient (Wildman–Crippen LogP) is 2.57. The Morgan fingerprint density at radius 1 is 1.73 bits per heavy atom. The smallest absolute Gasteiger partial charge is 0.191 e.